The summed E-state index contributed by atoms with van der Waals surface area (Å²) >= 11 is 0. The third-order valence-electron chi connectivity index (χ3n) is 9.23. The Hall–Kier alpha value is -3.04. The molecule has 1 saturated heterocycles. The lowest BCUT2D eigenvalue weighted by Crippen LogP contribution is -2.50. The van der Waals surface area contributed by atoms with Gasteiger partial charge in [-0.15, -0.1) is 0 Å². The molecule has 1 aliphatic heterocycles. The van der Waals surface area contributed by atoms with Crippen LogP contribution in [0.1, 0.15) is 84.1 Å². The molecule has 2 aliphatic carbocycles. The summed E-state index contributed by atoms with van der Waals surface area (Å²) < 4.78 is 10.7. The maximum atomic E-state index is 13.8. The predicted octanol–water partition coefficient (Wildman–Crippen LogP) is 3.60. The highest BCUT2D eigenvalue weighted by atomic mass is 16.6. The van der Waals surface area contributed by atoms with Crippen molar-refractivity contribution in [2.45, 2.75) is 109 Å². The van der Waals surface area contributed by atoms with Gasteiger partial charge in [-0.1, -0.05) is 30.7 Å². The van der Waals surface area contributed by atoms with Gasteiger partial charge in [0, 0.05) is 17.8 Å². The Morgan fingerprint density at radius 3 is 2.31 bits per heavy atom. The molecule has 0 unspecified atom stereocenters. The molecule has 1 aromatic carbocycles. The first kappa shape index (κ1) is 31.9. The molecule has 42 heavy (non-hydrogen) atoms. The zero-order valence-corrected chi connectivity index (χ0v) is 25.4. The van der Waals surface area contributed by atoms with Crippen molar-refractivity contribution >= 4 is 23.4 Å². The van der Waals surface area contributed by atoms with Gasteiger partial charge in [-0.05, 0) is 89.3 Å². The predicted molar refractivity (Wildman–Crippen MR) is 158 cm³/mol. The molecule has 9 heteroatoms. The van der Waals surface area contributed by atoms with Gasteiger partial charge in [0.05, 0.1) is 31.9 Å². The fourth-order valence-electron chi connectivity index (χ4n) is 5.94. The number of carbonyl (C=O) groups is 4. The number of aliphatic hydroxyl groups is 1. The smallest absolute Gasteiger partial charge is 0.226 e. The molecule has 1 heterocycles. The molecular formula is C33H46N2O7. The van der Waals surface area contributed by atoms with Gasteiger partial charge in [-0.3, -0.25) is 19.2 Å². The van der Waals surface area contributed by atoms with E-state index < -0.39 is 35.1 Å². The first-order valence-electron chi connectivity index (χ1n) is 15.2. The summed E-state index contributed by atoms with van der Waals surface area (Å²) in [6.45, 7) is 5.59. The van der Waals surface area contributed by atoms with Crippen LogP contribution in [0.15, 0.2) is 35.9 Å². The van der Waals surface area contributed by atoms with Crippen LogP contribution in [0.25, 0.3) is 0 Å². The lowest BCUT2D eigenvalue weighted by atomic mass is 9.74. The van der Waals surface area contributed by atoms with E-state index >= 15 is 0 Å². The number of hydrogen-bond acceptors (Lipinski definition) is 7. The highest BCUT2D eigenvalue weighted by Gasteiger charge is 2.50. The molecule has 0 spiro atoms. The van der Waals surface area contributed by atoms with Gasteiger partial charge >= 0.3 is 0 Å². The molecule has 0 aromatic heterocycles. The Balaban J connectivity index is 1.47. The maximum Gasteiger partial charge on any atom is 0.226 e. The van der Waals surface area contributed by atoms with Gasteiger partial charge in [0.1, 0.15) is 11.4 Å². The fraction of sp³-hybridized carbons (Fsp3) is 0.636. The number of methoxy groups -OCH3 is 1. The van der Waals surface area contributed by atoms with E-state index in [1.54, 1.807) is 33.1 Å². The summed E-state index contributed by atoms with van der Waals surface area (Å²) in [5, 5.41) is 15.7. The fourth-order valence-corrected chi connectivity index (χ4v) is 5.94. The monoisotopic (exact) mass is 582 g/mol. The molecule has 230 valence electrons. The van der Waals surface area contributed by atoms with Crippen molar-refractivity contribution in [2.75, 3.05) is 13.7 Å². The Labute approximate surface area is 248 Å². The average Bonchev–Trinajstić information content (AvgIpc) is 3.52. The number of hydrogen-bond donors (Lipinski definition) is 3. The number of amides is 2. The third kappa shape index (κ3) is 8.07. The van der Waals surface area contributed by atoms with Crippen molar-refractivity contribution in [3.63, 3.8) is 0 Å². The van der Waals surface area contributed by atoms with Gasteiger partial charge in [0.25, 0.3) is 0 Å². The quantitative estimate of drug-likeness (QED) is 0.225. The van der Waals surface area contributed by atoms with E-state index in [1.165, 1.54) is 0 Å². The number of ketones is 2. The Kier molecular flexibility index (Phi) is 10.3. The number of carbonyl (C=O) groups excluding carboxylic acids is 4. The first-order chi connectivity index (χ1) is 19.9. The van der Waals surface area contributed by atoms with E-state index in [2.05, 4.69) is 16.7 Å². The number of ether oxygens (including phenoxy) is 2. The van der Waals surface area contributed by atoms with Crippen molar-refractivity contribution in [3.8, 4) is 5.75 Å². The standard InChI is InChI=1S/C33H46N2O7/c1-21(34-31(40)32(2)15-13-25(36)14-16-32)28(37)19-24(17-23-9-11-26(41-4)12-10-23)30(39)35-27(18-22-7-5-6-8-22)29(38)33(3)20-42-33/h7,9-12,21,24-25,27,36H,5-6,8,13-20H2,1-4H3,(H,34,40)(H,35,39)/t21-,24-,25?,27+,32?,33-/m1/s1. The van der Waals surface area contributed by atoms with E-state index in [0.29, 0.717) is 44.5 Å². The molecule has 0 bridgehead atoms. The third-order valence-corrected chi connectivity index (χ3v) is 9.23. The van der Waals surface area contributed by atoms with Crippen molar-refractivity contribution in [3.05, 3.63) is 41.5 Å². The van der Waals surface area contributed by atoms with Crippen LogP contribution >= 0.6 is 0 Å². The zero-order chi connectivity index (χ0) is 30.5. The van der Waals surface area contributed by atoms with Gasteiger partial charge in [0.15, 0.2) is 11.6 Å². The summed E-state index contributed by atoms with van der Waals surface area (Å²) in [7, 11) is 1.58. The number of benzene rings is 1. The molecule has 2 amide bonds. The minimum absolute atomic E-state index is 0.0912. The molecule has 9 nitrogen and oxygen atoms in total. The van der Waals surface area contributed by atoms with Crippen molar-refractivity contribution in [1.29, 1.82) is 0 Å². The number of nitrogens with one attached hydrogen (secondary N) is 2. The molecular weight excluding hydrogens is 536 g/mol. The molecule has 4 rings (SSSR count). The van der Waals surface area contributed by atoms with Gasteiger partial charge < -0.3 is 25.2 Å². The lowest BCUT2D eigenvalue weighted by molar-refractivity contribution is -0.137. The second kappa shape index (κ2) is 13.5. The van der Waals surface area contributed by atoms with Crippen molar-refractivity contribution in [1.82, 2.24) is 10.6 Å². The van der Waals surface area contributed by atoms with E-state index in [9.17, 15) is 24.3 Å². The summed E-state index contributed by atoms with van der Waals surface area (Å²) in [6.07, 6.45) is 7.50. The molecule has 0 radical (unpaired) electrons. The van der Waals surface area contributed by atoms with Crippen LogP contribution in [-0.2, 0) is 30.3 Å². The first-order valence-corrected chi connectivity index (χ1v) is 15.2. The highest BCUT2D eigenvalue weighted by Crippen LogP contribution is 2.36. The average molecular weight is 583 g/mol. The van der Waals surface area contributed by atoms with E-state index in [1.807, 2.05) is 19.1 Å². The maximum absolute atomic E-state index is 13.8. The largest absolute Gasteiger partial charge is 0.497 e. The highest BCUT2D eigenvalue weighted by molar-refractivity contribution is 5.98. The minimum atomic E-state index is -0.886. The number of rotatable bonds is 14. The molecule has 1 aromatic rings. The Bertz CT molecular complexity index is 1180. The summed E-state index contributed by atoms with van der Waals surface area (Å²) in [6, 6.07) is 5.81. The van der Waals surface area contributed by atoms with Crippen LogP contribution in [0.2, 0.25) is 0 Å². The lowest BCUT2D eigenvalue weighted by Gasteiger charge is -2.35. The van der Waals surface area contributed by atoms with Crippen LogP contribution in [0, 0.1) is 11.3 Å². The van der Waals surface area contributed by atoms with Crippen molar-refractivity contribution in [2.24, 2.45) is 11.3 Å². The second-order valence-electron chi connectivity index (χ2n) is 12.8. The van der Waals surface area contributed by atoms with Crippen molar-refractivity contribution < 1.29 is 33.8 Å². The normalized spacial score (nSPS) is 27.3. The molecule has 4 atom stereocenters. The summed E-state index contributed by atoms with van der Waals surface area (Å²) in [5.41, 5.74) is 0.480. The van der Waals surface area contributed by atoms with Crippen LogP contribution < -0.4 is 15.4 Å². The van der Waals surface area contributed by atoms with Gasteiger partial charge in [0.2, 0.25) is 11.8 Å². The molecule has 3 N–H and O–H groups in total. The zero-order valence-electron chi connectivity index (χ0n) is 25.4. The number of Topliss-reactive ketones (excluding diaryl/α,β-unsaturated/α-hetero) is 2. The van der Waals surface area contributed by atoms with Crippen LogP contribution in [0.5, 0.6) is 5.75 Å². The van der Waals surface area contributed by atoms with Gasteiger partial charge in [-0.25, -0.2) is 0 Å². The number of aliphatic hydroxyl groups excluding tert-OH is 1. The van der Waals surface area contributed by atoms with Crippen LogP contribution in [0.3, 0.4) is 0 Å². The Morgan fingerprint density at radius 2 is 1.74 bits per heavy atom. The van der Waals surface area contributed by atoms with Gasteiger partial charge in [-0.2, -0.15) is 0 Å². The van der Waals surface area contributed by atoms with Crippen LogP contribution in [-0.4, -0.2) is 66.0 Å². The minimum Gasteiger partial charge on any atom is -0.497 e. The second-order valence-corrected chi connectivity index (χ2v) is 12.8. The summed E-state index contributed by atoms with van der Waals surface area (Å²) in [4.78, 5) is 53.7. The van der Waals surface area contributed by atoms with E-state index in [0.717, 1.165) is 30.4 Å². The van der Waals surface area contributed by atoms with E-state index in [-0.39, 0.29) is 36.2 Å². The molecule has 3 aliphatic rings. The number of allylic oxidation sites excluding steroid dienone is 1. The summed E-state index contributed by atoms with van der Waals surface area (Å²) in [5.74, 6) is -1.04. The van der Waals surface area contributed by atoms with Crippen LogP contribution in [0.4, 0.5) is 0 Å². The van der Waals surface area contributed by atoms with E-state index in [4.69, 9.17) is 9.47 Å². The topological polar surface area (TPSA) is 134 Å². The Morgan fingerprint density at radius 1 is 1.07 bits per heavy atom. The SMILES string of the molecule is COc1ccc(C[C@H](CC(=O)[C@@H](C)NC(=O)C2(C)CCC(O)CC2)C(=O)N[C@@H](CC2=CCCC2)C(=O)[C@@]2(C)CO2)cc1. The molecule has 1 saturated carbocycles. The molecule has 2 fully saturated rings. The number of epoxide rings is 1.